The third-order valence-electron chi connectivity index (χ3n) is 4.13. The molecule has 0 spiro atoms. The van der Waals surface area contributed by atoms with E-state index < -0.39 is 0 Å². The second-order valence-corrected chi connectivity index (χ2v) is 6.37. The highest BCUT2D eigenvalue weighted by Gasteiger charge is 2.12. The Morgan fingerprint density at radius 1 is 0.905 bits per heavy atom. The van der Waals surface area contributed by atoms with Gasteiger partial charge in [0, 0.05) is 36.3 Å². The number of rotatable bonds is 4. The van der Waals surface area contributed by atoms with E-state index in [0.29, 0.717) is 0 Å². The minimum atomic E-state index is 0.985. The third-order valence-corrected chi connectivity index (χ3v) is 4.82. The first-order valence-corrected chi connectivity index (χ1v) is 8.40. The van der Waals surface area contributed by atoms with Gasteiger partial charge in [0.05, 0.1) is 0 Å². The molecule has 110 valence electrons. The number of nitrogens with zero attached hydrogens (tertiary/aromatic N) is 1. The molecule has 0 radical (unpaired) electrons. The minimum Gasteiger partial charge on any atom is -0.383 e. The van der Waals surface area contributed by atoms with Crippen LogP contribution in [-0.4, -0.2) is 31.1 Å². The molecule has 2 aromatic rings. The summed E-state index contributed by atoms with van der Waals surface area (Å²) in [6.45, 7) is 4.40. The van der Waals surface area contributed by atoms with Crippen molar-refractivity contribution in [2.24, 2.45) is 0 Å². The first-order chi connectivity index (χ1) is 10.3. The molecule has 0 aromatic heterocycles. The zero-order chi connectivity index (χ0) is 14.5. The lowest BCUT2D eigenvalue weighted by Gasteiger charge is -2.20. The van der Waals surface area contributed by atoms with Gasteiger partial charge in [0.1, 0.15) is 0 Å². The molecule has 0 bridgehead atoms. The first-order valence-electron chi connectivity index (χ1n) is 7.60. The largest absolute Gasteiger partial charge is 0.383 e. The van der Waals surface area contributed by atoms with Crippen LogP contribution in [0.1, 0.15) is 11.1 Å². The van der Waals surface area contributed by atoms with Crippen LogP contribution < -0.4 is 5.32 Å². The summed E-state index contributed by atoms with van der Waals surface area (Å²) in [5, 5.41) is 3.51. The van der Waals surface area contributed by atoms with E-state index in [9.17, 15) is 0 Å². The van der Waals surface area contributed by atoms with Crippen molar-refractivity contribution in [1.82, 2.24) is 4.90 Å². The van der Waals surface area contributed by atoms with Crippen molar-refractivity contribution in [3.8, 4) is 0 Å². The number of hydrogen-bond donors (Lipinski definition) is 1. The van der Waals surface area contributed by atoms with Gasteiger partial charge in [0.25, 0.3) is 0 Å². The summed E-state index contributed by atoms with van der Waals surface area (Å²) in [5.41, 5.74) is 4.23. The van der Waals surface area contributed by atoms with E-state index in [-0.39, 0.29) is 0 Å². The molecule has 0 saturated heterocycles. The molecular formula is C18H21BrN2. The summed E-state index contributed by atoms with van der Waals surface area (Å²) in [6, 6.07) is 17.2. The van der Waals surface area contributed by atoms with E-state index in [4.69, 9.17) is 0 Å². The van der Waals surface area contributed by atoms with Crippen LogP contribution in [0.25, 0.3) is 0 Å². The zero-order valence-corrected chi connectivity index (χ0v) is 13.8. The van der Waals surface area contributed by atoms with Gasteiger partial charge in [0.2, 0.25) is 0 Å². The number of halogens is 1. The molecular weight excluding hydrogens is 324 g/mol. The number of fused-ring (bicyclic) bond motifs is 1. The Labute approximate surface area is 135 Å². The second-order valence-electron chi connectivity index (χ2n) is 5.52. The molecule has 1 N–H and O–H groups in total. The molecule has 21 heavy (non-hydrogen) atoms. The van der Waals surface area contributed by atoms with Crippen LogP contribution in [0.2, 0.25) is 0 Å². The smallest absolute Gasteiger partial charge is 0.0485 e. The van der Waals surface area contributed by atoms with Crippen LogP contribution in [0.5, 0.6) is 0 Å². The van der Waals surface area contributed by atoms with Crippen molar-refractivity contribution in [3.63, 3.8) is 0 Å². The maximum Gasteiger partial charge on any atom is 0.0485 e. The SMILES string of the molecule is Brc1ccccc1NCCN1CCc2ccccc2CC1. The minimum absolute atomic E-state index is 0.985. The van der Waals surface area contributed by atoms with Gasteiger partial charge in [-0.2, -0.15) is 0 Å². The van der Waals surface area contributed by atoms with E-state index in [1.807, 2.05) is 6.07 Å². The molecule has 3 rings (SSSR count). The molecule has 0 fully saturated rings. The Kier molecular flexibility index (Phi) is 4.94. The van der Waals surface area contributed by atoms with Crippen LogP contribution in [0.3, 0.4) is 0 Å². The van der Waals surface area contributed by atoms with E-state index >= 15 is 0 Å². The lowest BCUT2D eigenvalue weighted by molar-refractivity contribution is 0.298. The number of benzene rings is 2. The Balaban J connectivity index is 1.50. The molecule has 0 atom stereocenters. The van der Waals surface area contributed by atoms with Crippen molar-refractivity contribution in [2.75, 3.05) is 31.5 Å². The second kappa shape index (κ2) is 7.10. The molecule has 1 aliphatic rings. The number of anilines is 1. The molecule has 2 nitrogen and oxygen atoms in total. The molecule has 0 aliphatic carbocycles. The average molecular weight is 345 g/mol. The highest BCUT2D eigenvalue weighted by atomic mass is 79.9. The highest BCUT2D eigenvalue weighted by molar-refractivity contribution is 9.10. The van der Waals surface area contributed by atoms with E-state index in [1.165, 1.54) is 29.7 Å². The predicted octanol–water partition coefficient (Wildman–Crippen LogP) is 3.96. The van der Waals surface area contributed by atoms with E-state index in [2.05, 4.69) is 68.6 Å². The summed E-state index contributed by atoms with van der Waals surface area (Å²) in [4.78, 5) is 2.56. The summed E-state index contributed by atoms with van der Waals surface area (Å²) in [6.07, 6.45) is 2.34. The van der Waals surface area contributed by atoms with Crippen LogP contribution in [-0.2, 0) is 12.8 Å². The third kappa shape index (κ3) is 3.86. The lowest BCUT2D eigenvalue weighted by atomic mass is 10.0. The fraction of sp³-hybridized carbons (Fsp3) is 0.333. The van der Waals surface area contributed by atoms with Gasteiger partial charge in [-0.1, -0.05) is 36.4 Å². The molecule has 3 heteroatoms. The Bertz CT molecular complexity index is 570. The fourth-order valence-electron chi connectivity index (χ4n) is 2.89. The van der Waals surface area contributed by atoms with Gasteiger partial charge in [-0.15, -0.1) is 0 Å². The topological polar surface area (TPSA) is 15.3 Å². The summed E-state index contributed by atoms with van der Waals surface area (Å²) in [7, 11) is 0. The van der Waals surface area contributed by atoms with Crippen molar-refractivity contribution in [3.05, 3.63) is 64.1 Å². The van der Waals surface area contributed by atoms with Crippen LogP contribution in [0, 0.1) is 0 Å². The first kappa shape index (κ1) is 14.6. The van der Waals surface area contributed by atoms with Crippen LogP contribution in [0.15, 0.2) is 53.0 Å². The lowest BCUT2D eigenvalue weighted by Crippen LogP contribution is -2.31. The Morgan fingerprint density at radius 3 is 2.19 bits per heavy atom. The number of hydrogen-bond acceptors (Lipinski definition) is 2. The van der Waals surface area contributed by atoms with Gasteiger partial charge >= 0.3 is 0 Å². The molecule has 0 amide bonds. The standard InChI is InChI=1S/C18H21BrN2/c19-17-7-3-4-8-18(17)20-11-14-21-12-9-15-5-1-2-6-16(15)10-13-21/h1-8,20H,9-14H2. The Hall–Kier alpha value is -1.32. The number of para-hydroxylation sites is 1. The normalized spacial score (nSPS) is 15.3. The molecule has 0 saturated carbocycles. The summed E-state index contributed by atoms with van der Waals surface area (Å²) in [5.74, 6) is 0. The van der Waals surface area contributed by atoms with Crippen molar-refractivity contribution < 1.29 is 0 Å². The Morgan fingerprint density at radius 2 is 1.52 bits per heavy atom. The van der Waals surface area contributed by atoms with Crippen molar-refractivity contribution >= 4 is 21.6 Å². The van der Waals surface area contributed by atoms with Crippen molar-refractivity contribution in [2.45, 2.75) is 12.8 Å². The number of nitrogens with one attached hydrogen (secondary N) is 1. The van der Waals surface area contributed by atoms with Gasteiger partial charge in [0.15, 0.2) is 0 Å². The predicted molar refractivity (Wildman–Crippen MR) is 92.9 cm³/mol. The average Bonchev–Trinajstić information content (AvgIpc) is 2.72. The molecule has 2 aromatic carbocycles. The summed E-state index contributed by atoms with van der Waals surface area (Å²) < 4.78 is 1.13. The highest BCUT2D eigenvalue weighted by Crippen LogP contribution is 2.21. The van der Waals surface area contributed by atoms with Crippen LogP contribution in [0.4, 0.5) is 5.69 Å². The maximum atomic E-state index is 3.58. The van der Waals surface area contributed by atoms with Gasteiger partial charge in [-0.25, -0.2) is 0 Å². The monoisotopic (exact) mass is 344 g/mol. The van der Waals surface area contributed by atoms with Gasteiger partial charge < -0.3 is 10.2 Å². The zero-order valence-electron chi connectivity index (χ0n) is 12.2. The molecule has 1 heterocycles. The summed E-state index contributed by atoms with van der Waals surface area (Å²) >= 11 is 3.58. The molecule has 1 aliphatic heterocycles. The van der Waals surface area contributed by atoms with Crippen LogP contribution >= 0.6 is 15.9 Å². The van der Waals surface area contributed by atoms with Gasteiger partial charge in [-0.05, 0) is 52.0 Å². The van der Waals surface area contributed by atoms with Gasteiger partial charge in [-0.3, -0.25) is 0 Å². The van der Waals surface area contributed by atoms with Crippen molar-refractivity contribution in [1.29, 1.82) is 0 Å². The molecule has 0 unspecified atom stereocenters. The van der Waals surface area contributed by atoms with E-state index in [1.54, 1.807) is 0 Å². The quantitative estimate of drug-likeness (QED) is 0.902. The fourth-order valence-corrected chi connectivity index (χ4v) is 3.32. The van der Waals surface area contributed by atoms with E-state index in [0.717, 1.165) is 30.7 Å². The maximum absolute atomic E-state index is 3.58.